The van der Waals surface area contributed by atoms with Crippen molar-refractivity contribution in [2.45, 2.75) is 19.6 Å². The number of hydrogen-bond donors (Lipinski definition) is 2. The van der Waals surface area contributed by atoms with Crippen LogP contribution in [0, 0.1) is 0 Å². The Bertz CT molecular complexity index is 2730. The molecule has 0 fully saturated rings. The summed E-state index contributed by atoms with van der Waals surface area (Å²) in [6.07, 6.45) is 0. The molecule has 0 radical (unpaired) electrons. The molecule has 0 heterocycles. The van der Waals surface area contributed by atoms with Gasteiger partial charge in [0.15, 0.2) is 32.0 Å². The van der Waals surface area contributed by atoms with Crippen molar-refractivity contribution in [1.82, 2.24) is 0 Å². The summed E-state index contributed by atoms with van der Waals surface area (Å²) in [5.41, 5.74) is 5.47. The number of hydrogen-bond acceptors (Lipinski definition) is 28. The van der Waals surface area contributed by atoms with Gasteiger partial charge >= 0.3 is 118 Å². The number of rotatable bonds is 23. The van der Waals surface area contributed by atoms with Gasteiger partial charge < -0.3 is 30.7 Å². The molecule has 0 atom stereocenters. The zero-order chi connectivity index (χ0) is 44.8. The Morgan fingerprint density at radius 2 is 1.14 bits per heavy atom. The molecule has 26 nitrogen and oxygen atoms in total. The van der Waals surface area contributed by atoms with Crippen LogP contribution in [0.4, 0.5) is 45.5 Å². The van der Waals surface area contributed by atoms with E-state index in [0.717, 1.165) is 30.3 Å². The molecule has 0 bridgehead atoms. The molecule has 36 heteroatoms. The van der Waals surface area contributed by atoms with Crippen molar-refractivity contribution < 1.29 is 199 Å². The number of azo groups is 3. The number of nitrogens with two attached hydrogens (primary N) is 1. The molecular weight excluding hydrogens is 1030 g/mol. The Kier molecular flexibility index (Phi) is 29.9. The summed E-state index contributed by atoms with van der Waals surface area (Å²) < 4.78 is 135. The van der Waals surface area contributed by atoms with Crippen LogP contribution < -0.4 is 140 Å². The van der Waals surface area contributed by atoms with E-state index in [4.69, 9.17) is 9.92 Å². The zero-order valence-corrected chi connectivity index (χ0v) is 47.2. The van der Waals surface area contributed by atoms with Crippen molar-refractivity contribution in [2.24, 2.45) is 30.7 Å². The standard InChI is InChI=1S/C29H30N8O18S6.4Na/c1-31-28-25(36-34-23-16-20(56-54-52-38)6-11-26(23)60(44,45)46)17-24(35-32-18-2-7-21(8-3-18)58(40,41)14-12-50-57-55-53-39)27(30)29(28)37-33-19-4-9-22(10-5-19)59(42,43)15-13-51-61(47,48)49;;;;/h2-11,16-17,31,38-39H,12-15,30H2,1H3,(H,44,45,46)(H,47,48,49);;;;/q;4*+1/p-4. The fourth-order valence-corrected chi connectivity index (χ4v) is 8.39. The van der Waals surface area contributed by atoms with Crippen molar-refractivity contribution in [1.29, 1.82) is 0 Å². The molecule has 330 valence electrons. The van der Waals surface area contributed by atoms with Gasteiger partial charge in [-0.3, -0.25) is 18.4 Å². The van der Waals surface area contributed by atoms with Crippen LogP contribution in [-0.4, -0.2) is 74.5 Å². The zero-order valence-electron chi connectivity index (χ0n) is 34.3. The second-order valence-electron chi connectivity index (χ2n) is 11.1. The molecule has 65 heavy (non-hydrogen) atoms. The van der Waals surface area contributed by atoms with Gasteiger partial charge in [-0.15, -0.1) is 24.8 Å². The van der Waals surface area contributed by atoms with Crippen molar-refractivity contribution in [3.63, 3.8) is 0 Å². The van der Waals surface area contributed by atoms with Crippen LogP contribution in [0.5, 0.6) is 0 Å². The molecule has 0 saturated carbocycles. The first kappa shape index (κ1) is 64.4. The average molecular weight is 1060 g/mol. The molecule has 0 aromatic heterocycles. The fraction of sp³-hybridized carbons (Fsp3) is 0.172. The Morgan fingerprint density at radius 3 is 1.65 bits per heavy atom. The summed E-state index contributed by atoms with van der Waals surface area (Å²) in [5, 5.41) is 53.8. The van der Waals surface area contributed by atoms with E-state index in [1.54, 1.807) is 0 Å². The van der Waals surface area contributed by atoms with Crippen molar-refractivity contribution in [2.75, 3.05) is 42.8 Å². The Labute approximate surface area is 468 Å². The average Bonchev–Trinajstić information content (AvgIpc) is 3.20. The van der Waals surface area contributed by atoms with E-state index in [-0.39, 0.29) is 192 Å². The Hall–Kier alpha value is -0.620. The van der Waals surface area contributed by atoms with Gasteiger partial charge in [-0.1, -0.05) is 0 Å². The van der Waals surface area contributed by atoms with Crippen LogP contribution in [0.15, 0.2) is 123 Å². The predicted octanol–water partition coefficient (Wildman–Crippen LogP) is -8.47. The summed E-state index contributed by atoms with van der Waals surface area (Å²) in [6, 6.07) is 14.1. The smallest absolute Gasteiger partial charge is 0.744 e. The summed E-state index contributed by atoms with van der Waals surface area (Å²) in [6.45, 7) is -1.27. The third kappa shape index (κ3) is 20.7. The summed E-state index contributed by atoms with van der Waals surface area (Å²) in [7, 11) is -16.8. The molecule has 0 amide bonds. The van der Waals surface area contributed by atoms with Gasteiger partial charge in [0.05, 0.1) is 74.2 Å². The van der Waals surface area contributed by atoms with E-state index in [1.165, 1.54) is 49.5 Å². The van der Waals surface area contributed by atoms with Gasteiger partial charge in [0.2, 0.25) is 10.4 Å². The Balaban J connectivity index is 0.0000102. The largest absolute Gasteiger partial charge is 1.00 e. The Morgan fingerprint density at radius 1 is 0.631 bits per heavy atom. The monoisotopic (exact) mass is 1060 g/mol. The van der Waals surface area contributed by atoms with Crippen molar-refractivity contribution in [3.05, 3.63) is 72.8 Å². The topological polar surface area (TPSA) is 396 Å². The van der Waals surface area contributed by atoms with Crippen molar-refractivity contribution in [3.8, 4) is 0 Å². The number of nitrogens with zero attached hydrogens (tertiary/aromatic N) is 6. The summed E-state index contributed by atoms with van der Waals surface area (Å²) in [5.74, 6) is -1.32. The molecule has 4 aromatic carbocycles. The first-order valence-corrected chi connectivity index (χ1v) is 23.4. The maximum absolute atomic E-state index is 12.7. The predicted molar refractivity (Wildman–Crippen MR) is 204 cm³/mol. The quantitative estimate of drug-likeness (QED) is 0.00802. The summed E-state index contributed by atoms with van der Waals surface area (Å²) >= 11 is 0.512. The molecule has 0 unspecified atom stereocenters. The van der Waals surface area contributed by atoms with Gasteiger partial charge in [-0.05, 0) is 72.8 Å². The summed E-state index contributed by atoms with van der Waals surface area (Å²) in [4.78, 5) is -1.13. The van der Waals surface area contributed by atoms with Gasteiger partial charge in [0.1, 0.15) is 32.9 Å². The van der Waals surface area contributed by atoms with E-state index in [1.807, 2.05) is 0 Å². The number of nitrogen functional groups attached to an aromatic ring is 1. The van der Waals surface area contributed by atoms with Crippen LogP contribution >= 0.6 is 24.4 Å². The minimum absolute atomic E-state index is 0. The van der Waals surface area contributed by atoms with E-state index in [2.05, 4.69) is 58.9 Å². The normalized spacial score (nSPS) is 12.1. The first-order chi connectivity index (χ1) is 28.8. The molecule has 0 aliphatic heterocycles. The van der Waals surface area contributed by atoms with Crippen molar-refractivity contribution >= 4 is 110 Å². The van der Waals surface area contributed by atoms with Crippen LogP contribution in [-0.2, 0) is 67.3 Å². The van der Waals surface area contributed by atoms with E-state index in [9.17, 15) is 53.3 Å². The maximum atomic E-state index is 12.7. The number of sulfone groups is 2. The van der Waals surface area contributed by atoms with E-state index >= 15 is 0 Å². The van der Waals surface area contributed by atoms with Crippen LogP contribution in [0.3, 0.4) is 0 Å². The second-order valence-corrected chi connectivity index (χ2v) is 19.0. The number of benzene rings is 4. The molecule has 0 aliphatic carbocycles. The molecule has 0 spiro atoms. The van der Waals surface area contributed by atoms with Crippen LogP contribution in [0.2, 0.25) is 0 Å². The van der Waals surface area contributed by atoms with Gasteiger partial charge in [-0.25, -0.2) is 33.7 Å². The third-order valence-corrected chi connectivity index (χ3v) is 12.9. The molecule has 4 rings (SSSR count). The van der Waals surface area contributed by atoms with Gasteiger partial charge in [-0.2, -0.15) is 14.6 Å². The van der Waals surface area contributed by atoms with Gasteiger partial charge in [0, 0.05) is 11.9 Å². The maximum Gasteiger partial charge on any atom is 1.00 e. The minimum atomic E-state index is -5.13. The first-order valence-electron chi connectivity index (χ1n) is 15.9. The van der Waals surface area contributed by atoms with E-state index < -0.39 is 68.9 Å². The molecular formula is C29H26N8Na4O18S6. The molecule has 0 saturated heterocycles. The number of nitrogens with one attached hydrogen (secondary N) is 1. The third-order valence-electron chi connectivity index (χ3n) is 7.22. The molecule has 3 N–H and O–H groups in total. The van der Waals surface area contributed by atoms with Crippen LogP contribution in [0.25, 0.3) is 0 Å². The molecule has 4 aromatic rings. The minimum Gasteiger partial charge on any atom is -0.744 e. The second kappa shape index (κ2) is 30.2. The van der Waals surface area contributed by atoms with Gasteiger partial charge in [0.25, 0.3) is 0 Å². The fourth-order valence-electron chi connectivity index (χ4n) is 4.52. The van der Waals surface area contributed by atoms with E-state index in [0.29, 0.717) is 12.0 Å². The SMILES string of the molecule is CNc1c(N=Nc2cc(SOO[O-])ccc2S(=O)(=O)[O-])cc(N=Nc2ccc(S(=O)(=O)CCOSOO[O-])cc2)c(N)c1N=Nc1ccc(S(=O)(=O)CCOS(=O)(=O)[O-])cc1.[Na+].[Na+].[Na+].[Na+]. The molecule has 0 aliphatic rings. The van der Waals surface area contributed by atoms with Crippen LogP contribution in [0.1, 0.15) is 0 Å². The number of anilines is 2.